The molecular formula is C32H44N4O6S. The van der Waals surface area contributed by atoms with Gasteiger partial charge in [-0.3, -0.25) is 19.3 Å². The van der Waals surface area contributed by atoms with Gasteiger partial charge in [0.25, 0.3) is 0 Å². The molecule has 2 N–H and O–H groups in total. The van der Waals surface area contributed by atoms with E-state index >= 15 is 0 Å². The number of likely N-dealkylation sites (N-methyl/N-ethyl adjacent to an activating group) is 1. The van der Waals surface area contributed by atoms with E-state index in [-0.39, 0.29) is 29.9 Å². The van der Waals surface area contributed by atoms with Crippen LogP contribution in [0.4, 0.5) is 4.79 Å². The highest BCUT2D eigenvalue weighted by Gasteiger charge is 2.55. The number of hydrogen-bond donors (Lipinski definition) is 2. The highest BCUT2D eigenvalue weighted by molar-refractivity contribution is 7.99. The molecule has 4 amide bonds. The SMILES string of the molecule is C#CCO[C@@H]1Cc2ccccc2[C@@H]1NC(=O)[C@H]1N2C(=O)[C@@H](NC(=O)[C@H](C)N(C)C(=O)OC(C)(C)C)CCS[C@H]2CC1(C)C. The summed E-state index contributed by atoms with van der Waals surface area (Å²) in [5.41, 5.74) is 0.848. The number of hydrogen-bond acceptors (Lipinski definition) is 7. The predicted octanol–water partition coefficient (Wildman–Crippen LogP) is 3.25. The van der Waals surface area contributed by atoms with Gasteiger partial charge in [-0.25, -0.2) is 4.79 Å². The molecule has 0 radical (unpaired) electrons. The van der Waals surface area contributed by atoms with Gasteiger partial charge in [-0.1, -0.05) is 44.0 Å². The lowest BCUT2D eigenvalue weighted by molar-refractivity contribution is -0.144. The van der Waals surface area contributed by atoms with Crippen molar-refractivity contribution in [1.29, 1.82) is 0 Å². The largest absolute Gasteiger partial charge is 0.444 e. The molecule has 2 heterocycles. The Morgan fingerprint density at radius 1 is 1.23 bits per heavy atom. The smallest absolute Gasteiger partial charge is 0.410 e. The number of carbonyl (C=O) groups is 4. The Hall–Kier alpha value is -3.23. The van der Waals surface area contributed by atoms with Gasteiger partial charge in [0.1, 0.15) is 30.3 Å². The molecule has 0 spiro atoms. The molecule has 0 aromatic heterocycles. The van der Waals surface area contributed by atoms with E-state index in [0.29, 0.717) is 25.0 Å². The second-order valence-electron chi connectivity index (χ2n) is 13.2. The van der Waals surface area contributed by atoms with E-state index in [1.807, 2.05) is 38.1 Å². The van der Waals surface area contributed by atoms with E-state index in [4.69, 9.17) is 15.9 Å². The number of nitrogens with zero attached hydrogens (tertiary/aromatic N) is 2. The molecule has 2 fully saturated rings. The van der Waals surface area contributed by atoms with Crippen LogP contribution in [0.1, 0.15) is 71.6 Å². The highest BCUT2D eigenvalue weighted by atomic mass is 32.2. The summed E-state index contributed by atoms with van der Waals surface area (Å²) < 4.78 is 11.3. The molecule has 234 valence electrons. The number of amides is 4. The number of benzene rings is 1. The number of nitrogens with one attached hydrogen (secondary N) is 2. The van der Waals surface area contributed by atoms with Crippen LogP contribution in [0.15, 0.2) is 24.3 Å². The molecule has 6 atom stereocenters. The number of rotatable bonds is 7. The second kappa shape index (κ2) is 12.8. The van der Waals surface area contributed by atoms with Crippen molar-refractivity contribution < 1.29 is 28.7 Å². The molecule has 10 nitrogen and oxygen atoms in total. The van der Waals surface area contributed by atoms with Crippen molar-refractivity contribution >= 4 is 35.6 Å². The van der Waals surface area contributed by atoms with Crippen LogP contribution in [0.2, 0.25) is 0 Å². The molecule has 11 heteroatoms. The number of carbonyl (C=O) groups excluding carboxylic acids is 4. The Morgan fingerprint density at radius 2 is 1.93 bits per heavy atom. The third-order valence-electron chi connectivity index (χ3n) is 8.37. The first-order valence-corrected chi connectivity index (χ1v) is 15.8. The van der Waals surface area contributed by atoms with Crippen LogP contribution in [0.3, 0.4) is 0 Å². The van der Waals surface area contributed by atoms with Crippen molar-refractivity contribution in [2.75, 3.05) is 19.4 Å². The quantitative estimate of drug-likeness (QED) is 0.454. The Balaban J connectivity index is 1.52. The maximum atomic E-state index is 14.1. The summed E-state index contributed by atoms with van der Waals surface area (Å²) in [6, 6.07) is 5.04. The van der Waals surface area contributed by atoms with E-state index < -0.39 is 47.2 Å². The molecule has 4 rings (SSSR count). The zero-order valence-electron chi connectivity index (χ0n) is 26.1. The van der Waals surface area contributed by atoms with Crippen molar-refractivity contribution in [2.24, 2.45) is 5.41 Å². The number of thioether (sulfide) groups is 1. The fraction of sp³-hybridized carbons (Fsp3) is 0.625. The molecule has 2 aliphatic heterocycles. The summed E-state index contributed by atoms with van der Waals surface area (Å²) in [4.78, 5) is 56.9. The first kappa shape index (κ1) is 32.7. The van der Waals surface area contributed by atoms with E-state index in [1.54, 1.807) is 44.4 Å². The van der Waals surface area contributed by atoms with E-state index in [0.717, 1.165) is 11.1 Å². The average Bonchev–Trinajstić information content (AvgIpc) is 3.36. The summed E-state index contributed by atoms with van der Waals surface area (Å²) in [5, 5.41) is 5.86. The summed E-state index contributed by atoms with van der Waals surface area (Å²) in [6.07, 6.45) is 6.18. The normalized spacial score (nSPS) is 26.8. The molecular weight excluding hydrogens is 568 g/mol. The molecule has 1 aliphatic carbocycles. The molecule has 0 bridgehead atoms. The zero-order chi connectivity index (χ0) is 31.7. The molecule has 3 aliphatic rings. The minimum atomic E-state index is -0.870. The van der Waals surface area contributed by atoms with Gasteiger partial charge < -0.3 is 25.0 Å². The fourth-order valence-electron chi connectivity index (χ4n) is 6.08. The Labute approximate surface area is 259 Å². The molecule has 1 aromatic carbocycles. The van der Waals surface area contributed by atoms with Crippen molar-refractivity contribution in [3.8, 4) is 12.3 Å². The maximum Gasteiger partial charge on any atom is 0.410 e. The van der Waals surface area contributed by atoms with Crippen LogP contribution in [0, 0.1) is 17.8 Å². The van der Waals surface area contributed by atoms with Crippen LogP contribution in [0.25, 0.3) is 0 Å². The summed E-state index contributed by atoms with van der Waals surface area (Å²) in [7, 11) is 1.49. The van der Waals surface area contributed by atoms with Crippen molar-refractivity contribution in [1.82, 2.24) is 20.4 Å². The van der Waals surface area contributed by atoms with Crippen LogP contribution >= 0.6 is 11.8 Å². The van der Waals surface area contributed by atoms with Crippen LogP contribution < -0.4 is 10.6 Å². The number of ether oxygens (including phenoxy) is 2. The van der Waals surface area contributed by atoms with Gasteiger partial charge in [0.15, 0.2) is 0 Å². The fourth-order valence-corrected chi connectivity index (χ4v) is 7.66. The van der Waals surface area contributed by atoms with Gasteiger partial charge in [0, 0.05) is 13.5 Å². The Kier molecular flexibility index (Phi) is 9.72. The monoisotopic (exact) mass is 612 g/mol. The number of fused-ring (bicyclic) bond motifs is 2. The van der Waals surface area contributed by atoms with Gasteiger partial charge in [-0.05, 0) is 62.8 Å². The molecule has 1 aromatic rings. The first-order valence-electron chi connectivity index (χ1n) is 14.8. The van der Waals surface area contributed by atoms with Gasteiger partial charge in [0.2, 0.25) is 17.7 Å². The maximum absolute atomic E-state index is 14.1. The van der Waals surface area contributed by atoms with Crippen LogP contribution in [-0.2, 0) is 30.3 Å². The lowest BCUT2D eigenvalue weighted by atomic mass is 9.83. The van der Waals surface area contributed by atoms with Crippen LogP contribution in [-0.4, -0.2) is 88.2 Å². The third kappa shape index (κ3) is 7.13. The van der Waals surface area contributed by atoms with Gasteiger partial charge >= 0.3 is 6.09 Å². The Bertz CT molecular complexity index is 1290. The van der Waals surface area contributed by atoms with Crippen molar-refractivity contribution in [3.63, 3.8) is 0 Å². The standard InChI is InChI=1S/C32H44N4O6S/c1-9-15-41-23-17-20-12-10-11-13-21(20)25(23)34-28(38)26-32(6,7)18-24-36(26)29(39)22(14-16-43-24)33-27(37)19(2)35(8)30(40)42-31(3,4)5/h1,10-13,19,22-26H,14-18H2,2-8H3,(H,33,37)(H,34,38)/t19-,22-,23+,24-,25-,26+/m0/s1. The van der Waals surface area contributed by atoms with Crippen molar-refractivity contribution in [3.05, 3.63) is 35.4 Å². The minimum Gasteiger partial charge on any atom is -0.444 e. The van der Waals surface area contributed by atoms with E-state index in [1.165, 1.54) is 11.9 Å². The zero-order valence-corrected chi connectivity index (χ0v) is 27.0. The van der Waals surface area contributed by atoms with Gasteiger partial charge in [-0.15, -0.1) is 18.2 Å². The van der Waals surface area contributed by atoms with Gasteiger partial charge in [0.05, 0.1) is 17.5 Å². The topological polar surface area (TPSA) is 117 Å². The van der Waals surface area contributed by atoms with E-state index in [9.17, 15) is 19.2 Å². The predicted molar refractivity (Wildman–Crippen MR) is 165 cm³/mol. The summed E-state index contributed by atoms with van der Waals surface area (Å²) >= 11 is 1.62. The molecule has 0 unspecified atom stereocenters. The lowest BCUT2D eigenvalue weighted by Crippen LogP contribution is -2.58. The first-order chi connectivity index (χ1) is 20.1. The average molecular weight is 613 g/mol. The van der Waals surface area contributed by atoms with E-state index in [2.05, 4.69) is 16.6 Å². The van der Waals surface area contributed by atoms with Gasteiger partial charge in [-0.2, -0.15) is 0 Å². The van der Waals surface area contributed by atoms with Crippen LogP contribution in [0.5, 0.6) is 0 Å². The lowest BCUT2D eigenvalue weighted by Gasteiger charge is -2.35. The number of terminal acetylenes is 1. The molecule has 0 saturated carbocycles. The van der Waals surface area contributed by atoms with Crippen molar-refractivity contribution in [2.45, 2.75) is 102 Å². The minimum absolute atomic E-state index is 0.131. The molecule has 43 heavy (non-hydrogen) atoms. The summed E-state index contributed by atoms with van der Waals surface area (Å²) in [6.45, 7) is 11.0. The summed E-state index contributed by atoms with van der Waals surface area (Å²) in [5.74, 6) is 2.12. The second-order valence-corrected chi connectivity index (χ2v) is 14.5. The third-order valence-corrected chi connectivity index (χ3v) is 9.62. The molecule has 2 saturated heterocycles. The Morgan fingerprint density at radius 3 is 2.60 bits per heavy atom. The highest BCUT2D eigenvalue weighted by Crippen LogP contribution is 2.47.